The molecule has 5 rings (SSSR count). The highest BCUT2D eigenvalue weighted by atomic mass is 16.3. The first-order valence-electron chi connectivity index (χ1n) is 11.8. The van der Waals surface area contributed by atoms with Crippen molar-refractivity contribution in [2.24, 2.45) is 0 Å². The fraction of sp³-hybridized carbons (Fsp3) is 0.0968. The number of para-hydroxylation sites is 1. The number of carbonyl (C=O) groups excluding carboxylic acids is 2. The molecule has 1 unspecified atom stereocenters. The van der Waals surface area contributed by atoms with Gasteiger partial charge in [0, 0.05) is 30.4 Å². The van der Waals surface area contributed by atoms with Crippen LogP contribution in [0.15, 0.2) is 127 Å². The summed E-state index contributed by atoms with van der Waals surface area (Å²) in [6, 6.07) is 37.5. The van der Waals surface area contributed by atoms with Gasteiger partial charge in [-0.25, -0.2) is 0 Å². The molecule has 5 heteroatoms. The number of likely N-dealkylation sites (tertiary alicyclic amines) is 1. The average Bonchev–Trinajstić information content (AvgIpc) is 3.16. The van der Waals surface area contributed by atoms with Crippen molar-refractivity contribution in [3.05, 3.63) is 144 Å². The van der Waals surface area contributed by atoms with E-state index in [9.17, 15) is 14.7 Å². The molecule has 1 aliphatic heterocycles. The number of benzene rings is 4. The van der Waals surface area contributed by atoms with Gasteiger partial charge < -0.3 is 10.0 Å². The third kappa shape index (κ3) is 3.75. The van der Waals surface area contributed by atoms with Crippen molar-refractivity contribution in [1.29, 1.82) is 0 Å². The van der Waals surface area contributed by atoms with Crippen LogP contribution < -0.4 is 4.90 Å². The number of hydrogen-bond donors (Lipinski definition) is 1. The Labute approximate surface area is 210 Å². The second kappa shape index (κ2) is 9.55. The molecule has 0 saturated carbocycles. The minimum absolute atomic E-state index is 0.0344. The molecule has 0 aromatic heterocycles. The number of rotatable bonds is 6. The Hall–Kier alpha value is -4.64. The van der Waals surface area contributed by atoms with E-state index in [2.05, 4.69) is 0 Å². The lowest BCUT2D eigenvalue weighted by atomic mass is 9.86. The van der Waals surface area contributed by atoms with Crippen LogP contribution in [0, 0.1) is 0 Å². The number of Topliss-reactive ketones (excluding diaryl/α,β-unsaturated/α-hetero) is 1. The molecule has 1 fully saturated rings. The van der Waals surface area contributed by atoms with E-state index in [4.69, 9.17) is 0 Å². The maximum Gasteiger partial charge on any atom is 0.297 e. The van der Waals surface area contributed by atoms with Gasteiger partial charge in [0.2, 0.25) is 0 Å². The molecule has 0 spiro atoms. The molecule has 0 radical (unpaired) electrons. The van der Waals surface area contributed by atoms with Crippen LogP contribution in [0.1, 0.15) is 16.7 Å². The second-order valence-electron chi connectivity index (χ2n) is 8.73. The molecule has 1 saturated heterocycles. The number of hydrogen-bond acceptors (Lipinski definition) is 4. The lowest BCUT2D eigenvalue weighted by Gasteiger charge is -2.47. The Balaban J connectivity index is 1.86. The molecule has 5 nitrogen and oxygen atoms in total. The van der Waals surface area contributed by atoms with Crippen LogP contribution in [0.3, 0.4) is 0 Å². The lowest BCUT2D eigenvalue weighted by molar-refractivity contribution is -0.141. The van der Waals surface area contributed by atoms with Crippen LogP contribution in [0.5, 0.6) is 0 Å². The average molecular weight is 475 g/mol. The SMILES string of the molecule is CN(c1ccccc1)C1(c2ccccc2)/C(=C(\O)c2ccccc2)C(=O)C(=O)N1Cc1ccccc1. The van der Waals surface area contributed by atoms with Crippen molar-refractivity contribution in [1.82, 2.24) is 4.90 Å². The molecular formula is C31H26N2O3. The zero-order chi connectivity index (χ0) is 25.1. The summed E-state index contributed by atoms with van der Waals surface area (Å²) in [6.45, 7) is 0.184. The van der Waals surface area contributed by atoms with E-state index in [0.29, 0.717) is 11.1 Å². The predicted octanol–water partition coefficient (Wildman–Crippen LogP) is 5.56. The molecule has 178 valence electrons. The van der Waals surface area contributed by atoms with Crippen molar-refractivity contribution in [3.8, 4) is 0 Å². The van der Waals surface area contributed by atoms with E-state index >= 15 is 0 Å². The van der Waals surface area contributed by atoms with E-state index in [1.54, 1.807) is 29.2 Å². The first kappa shape index (κ1) is 23.1. The number of amides is 1. The standard InChI is InChI=1S/C31H26N2O3/c1-32(26-20-12-5-13-21-26)31(25-18-10-4-11-19-25)27(28(34)24-16-8-3-9-17-24)29(35)30(36)33(31)22-23-14-6-2-7-15-23/h2-21,34H,22H2,1H3/b28-27-. The second-order valence-corrected chi connectivity index (χ2v) is 8.73. The third-order valence-corrected chi connectivity index (χ3v) is 6.68. The Bertz CT molecular complexity index is 1400. The maximum absolute atomic E-state index is 13.8. The summed E-state index contributed by atoms with van der Waals surface area (Å²) in [4.78, 5) is 31.1. The highest BCUT2D eigenvalue weighted by molar-refractivity contribution is 6.47. The molecule has 4 aromatic carbocycles. The van der Waals surface area contributed by atoms with Gasteiger partial charge in [-0.05, 0) is 17.7 Å². The molecule has 1 atom stereocenters. The number of likely N-dealkylation sites (N-methyl/N-ethyl adjacent to an activating group) is 1. The monoisotopic (exact) mass is 474 g/mol. The fourth-order valence-electron chi connectivity index (χ4n) is 4.99. The fourth-order valence-corrected chi connectivity index (χ4v) is 4.99. The summed E-state index contributed by atoms with van der Waals surface area (Å²) in [6.07, 6.45) is 0. The highest BCUT2D eigenvalue weighted by Gasteiger charge is 2.60. The number of aliphatic hydroxyl groups is 1. The minimum atomic E-state index is -1.40. The van der Waals surface area contributed by atoms with Crippen molar-refractivity contribution in [3.63, 3.8) is 0 Å². The molecule has 4 aromatic rings. The van der Waals surface area contributed by atoms with Crippen LogP contribution in [-0.4, -0.2) is 28.7 Å². The summed E-state index contributed by atoms with van der Waals surface area (Å²) in [5.74, 6) is -1.60. The molecule has 1 aliphatic rings. The predicted molar refractivity (Wildman–Crippen MR) is 141 cm³/mol. The largest absolute Gasteiger partial charge is 0.507 e. The van der Waals surface area contributed by atoms with Crippen molar-refractivity contribution >= 4 is 23.1 Å². The number of nitrogens with zero attached hydrogens (tertiary/aromatic N) is 2. The molecule has 0 bridgehead atoms. The lowest BCUT2D eigenvalue weighted by Crippen LogP contribution is -2.55. The molecule has 36 heavy (non-hydrogen) atoms. The number of aliphatic hydroxyl groups excluding tert-OH is 1. The number of ketones is 1. The molecule has 1 amide bonds. The van der Waals surface area contributed by atoms with Crippen LogP contribution >= 0.6 is 0 Å². The van der Waals surface area contributed by atoms with Gasteiger partial charge in [-0.2, -0.15) is 0 Å². The smallest absolute Gasteiger partial charge is 0.297 e. The van der Waals surface area contributed by atoms with Gasteiger partial charge in [-0.3, -0.25) is 14.5 Å². The molecule has 1 N–H and O–H groups in total. The summed E-state index contributed by atoms with van der Waals surface area (Å²) in [5.41, 5.74) is 1.47. The van der Waals surface area contributed by atoms with Crippen molar-refractivity contribution in [2.75, 3.05) is 11.9 Å². The summed E-state index contributed by atoms with van der Waals surface area (Å²) < 4.78 is 0. The van der Waals surface area contributed by atoms with E-state index < -0.39 is 17.4 Å². The Morgan fingerprint density at radius 3 is 1.83 bits per heavy atom. The topological polar surface area (TPSA) is 60.9 Å². The third-order valence-electron chi connectivity index (χ3n) is 6.68. The normalized spacial score (nSPS) is 18.9. The van der Waals surface area contributed by atoms with Gasteiger partial charge in [0.1, 0.15) is 5.76 Å². The van der Waals surface area contributed by atoms with E-state index in [1.807, 2.05) is 109 Å². The Morgan fingerprint density at radius 2 is 1.25 bits per heavy atom. The zero-order valence-corrected chi connectivity index (χ0v) is 19.9. The quantitative estimate of drug-likeness (QED) is 0.226. The first-order chi connectivity index (χ1) is 17.5. The van der Waals surface area contributed by atoms with Crippen molar-refractivity contribution < 1.29 is 14.7 Å². The van der Waals surface area contributed by atoms with E-state index in [-0.39, 0.29) is 17.9 Å². The highest BCUT2D eigenvalue weighted by Crippen LogP contribution is 2.49. The van der Waals surface area contributed by atoms with E-state index in [0.717, 1.165) is 11.3 Å². The maximum atomic E-state index is 13.8. The molecule has 0 aliphatic carbocycles. The summed E-state index contributed by atoms with van der Waals surface area (Å²) in [5, 5.41) is 11.6. The van der Waals surface area contributed by atoms with Crippen LogP contribution in [0.4, 0.5) is 5.69 Å². The molecular weight excluding hydrogens is 448 g/mol. The van der Waals surface area contributed by atoms with Crippen LogP contribution in [-0.2, 0) is 21.8 Å². The Kier molecular flexibility index (Phi) is 6.13. The van der Waals surface area contributed by atoms with Crippen LogP contribution in [0.2, 0.25) is 0 Å². The van der Waals surface area contributed by atoms with Gasteiger partial charge in [-0.1, -0.05) is 109 Å². The Morgan fingerprint density at radius 1 is 0.750 bits per heavy atom. The summed E-state index contributed by atoms with van der Waals surface area (Å²) >= 11 is 0. The van der Waals surface area contributed by atoms with Gasteiger partial charge in [0.25, 0.3) is 11.7 Å². The van der Waals surface area contributed by atoms with Crippen molar-refractivity contribution in [2.45, 2.75) is 12.2 Å². The molecule has 1 heterocycles. The van der Waals surface area contributed by atoms with Gasteiger partial charge in [-0.15, -0.1) is 0 Å². The van der Waals surface area contributed by atoms with Gasteiger partial charge in [0.05, 0.1) is 5.57 Å². The van der Waals surface area contributed by atoms with Gasteiger partial charge in [0.15, 0.2) is 5.66 Å². The van der Waals surface area contributed by atoms with E-state index in [1.165, 1.54) is 0 Å². The van der Waals surface area contributed by atoms with Crippen LogP contribution in [0.25, 0.3) is 5.76 Å². The number of anilines is 1. The zero-order valence-electron chi connectivity index (χ0n) is 19.9. The van der Waals surface area contributed by atoms with Gasteiger partial charge >= 0.3 is 0 Å². The number of carbonyl (C=O) groups is 2. The summed E-state index contributed by atoms with van der Waals surface area (Å²) in [7, 11) is 1.85. The minimum Gasteiger partial charge on any atom is -0.507 e. The first-order valence-corrected chi connectivity index (χ1v) is 11.8.